The minimum Gasteiger partial charge on any atom is -0.489 e. The smallest absolute Gasteiger partial charge is 0.336 e. The van der Waals surface area contributed by atoms with Gasteiger partial charge in [0.15, 0.2) is 5.60 Å². The molecule has 1 aliphatic rings. The molecule has 36 heavy (non-hydrogen) atoms. The molecule has 0 bridgehead atoms. The Labute approximate surface area is 214 Å². The zero-order chi connectivity index (χ0) is 28.0. The molecule has 6 N–H and O–H groups in total. The van der Waals surface area contributed by atoms with Crippen LogP contribution in [0.1, 0.15) is 56.5 Å². The molecule has 1 aromatic rings. The molecule has 2 atom stereocenters. The number of carbonyl (C=O) groups excluding carboxylic acids is 1. The van der Waals surface area contributed by atoms with Gasteiger partial charge in [-0.25, -0.2) is 4.79 Å². The van der Waals surface area contributed by atoms with Crippen LogP contribution in [0.25, 0.3) is 0 Å². The molecule has 2 unspecified atom stereocenters. The van der Waals surface area contributed by atoms with Crippen molar-refractivity contribution in [3.8, 4) is 5.75 Å². The summed E-state index contributed by atoms with van der Waals surface area (Å²) in [5.74, 6) is -4.53. The minimum absolute atomic E-state index is 0.00262. The van der Waals surface area contributed by atoms with E-state index >= 15 is 0 Å². The highest BCUT2D eigenvalue weighted by Gasteiger charge is 2.40. The van der Waals surface area contributed by atoms with Crippen molar-refractivity contribution in [3.63, 3.8) is 0 Å². The van der Waals surface area contributed by atoms with Crippen molar-refractivity contribution >= 4 is 41.1 Å². The van der Waals surface area contributed by atoms with Crippen LogP contribution in [0.2, 0.25) is 5.02 Å². The first-order chi connectivity index (χ1) is 16.6. The van der Waals surface area contributed by atoms with Crippen LogP contribution in [0.15, 0.2) is 6.07 Å². The highest BCUT2D eigenvalue weighted by molar-refractivity contribution is 6.33. The Bertz CT molecular complexity index is 982. The first kappa shape index (κ1) is 30.9. The molecular formula is C23H34ClN3O9. The molecule has 202 valence electrons. The summed E-state index contributed by atoms with van der Waals surface area (Å²) in [6, 6.07) is 1.63. The van der Waals surface area contributed by atoms with Gasteiger partial charge in [0.05, 0.1) is 35.3 Å². The fourth-order valence-electron chi connectivity index (χ4n) is 3.80. The van der Waals surface area contributed by atoms with Crippen molar-refractivity contribution in [1.82, 2.24) is 9.80 Å². The quantitative estimate of drug-likeness (QED) is 0.218. The van der Waals surface area contributed by atoms with Crippen molar-refractivity contribution in [2.24, 2.45) is 0 Å². The van der Waals surface area contributed by atoms with Gasteiger partial charge in [0.1, 0.15) is 11.9 Å². The summed E-state index contributed by atoms with van der Waals surface area (Å²) in [7, 11) is 1.81. The number of carboxylic acid groups (broad SMARTS) is 3. The Morgan fingerprint density at radius 2 is 1.67 bits per heavy atom. The van der Waals surface area contributed by atoms with Crippen LogP contribution in [-0.4, -0.2) is 92.0 Å². The van der Waals surface area contributed by atoms with E-state index in [2.05, 4.69) is 18.7 Å². The monoisotopic (exact) mass is 531 g/mol. The molecule has 13 heteroatoms. The largest absolute Gasteiger partial charge is 0.489 e. The number of aliphatic carboxylic acids is 3. The van der Waals surface area contributed by atoms with Gasteiger partial charge in [-0.3, -0.25) is 19.3 Å². The van der Waals surface area contributed by atoms with Gasteiger partial charge in [-0.15, -0.1) is 0 Å². The summed E-state index contributed by atoms with van der Waals surface area (Å²) in [6.45, 7) is 9.91. The van der Waals surface area contributed by atoms with Gasteiger partial charge in [0.25, 0.3) is 5.91 Å². The van der Waals surface area contributed by atoms with Crippen LogP contribution in [-0.2, 0) is 20.8 Å². The van der Waals surface area contributed by atoms with Gasteiger partial charge < -0.3 is 35.8 Å². The van der Waals surface area contributed by atoms with Gasteiger partial charge in [0, 0.05) is 19.0 Å². The van der Waals surface area contributed by atoms with Crippen LogP contribution in [0.5, 0.6) is 5.75 Å². The third-order valence-corrected chi connectivity index (χ3v) is 6.23. The number of carbonyl (C=O) groups is 4. The van der Waals surface area contributed by atoms with Gasteiger partial charge in [-0.2, -0.15) is 0 Å². The lowest BCUT2D eigenvalue weighted by Crippen LogP contribution is -2.47. The second-order valence-electron chi connectivity index (χ2n) is 8.51. The topological polar surface area (TPSA) is 191 Å². The number of ether oxygens (including phenoxy) is 1. The van der Waals surface area contributed by atoms with E-state index in [0.29, 0.717) is 28.4 Å². The fraction of sp³-hybridized carbons (Fsp3) is 0.565. The van der Waals surface area contributed by atoms with Gasteiger partial charge in [-0.1, -0.05) is 25.4 Å². The molecule has 2 rings (SSSR count). The Hall–Kier alpha value is -3.09. The van der Waals surface area contributed by atoms with Crippen molar-refractivity contribution in [2.45, 2.75) is 64.8 Å². The van der Waals surface area contributed by atoms with Crippen molar-refractivity contribution in [3.05, 3.63) is 22.2 Å². The number of carboxylic acids is 3. The summed E-state index contributed by atoms with van der Waals surface area (Å²) in [5.41, 5.74) is 5.16. The van der Waals surface area contributed by atoms with Gasteiger partial charge in [0.2, 0.25) is 0 Å². The number of rotatable bonds is 10. The number of nitrogens with zero attached hydrogens (tertiary/aromatic N) is 2. The molecule has 1 amide bonds. The van der Waals surface area contributed by atoms with Crippen LogP contribution in [0.4, 0.5) is 5.69 Å². The lowest BCUT2D eigenvalue weighted by atomic mass is 9.96. The first-order valence-corrected chi connectivity index (χ1v) is 11.6. The lowest BCUT2D eigenvalue weighted by Gasteiger charge is -2.34. The fourth-order valence-corrected chi connectivity index (χ4v) is 4.02. The second-order valence-corrected chi connectivity index (χ2v) is 8.91. The number of hydrogen-bond donors (Lipinski definition) is 5. The molecule has 0 saturated heterocycles. The highest BCUT2D eigenvalue weighted by atomic mass is 35.5. The summed E-state index contributed by atoms with van der Waals surface area (Å²) >= 11 is 6.23. The zero-order valence-electron chi connectivity index (χ0n) is 20.9. The maximum Gasteiger partial charge on any atom is 0.336 e. The minimum atomic E-state index is -2.74. The molecule has 0 radical (unpaired) electrons. The Kier molecular flexibility index (Phi) is 11.0. The highest BCUT2D eigenvalue weighted by Crippen LogP contribution is 2.41. The number of benzene rings is 1. The number of amides is 1. The molecule has 1 heterocycles. The number of fused-ring (bicyclic) bond motifs is 1. The molecule has 0 fully saturated rings. The van der Waals surface area contributed by atoms with Crippen LogP contribution in [0, 0.1) is 0 Å². The van der Waals surface area contributed by atoms with Crippen molar-refractivity contribution in [2.75, 3.05) is 25.9 Å². The normalized spacial score (nSPS) is 15.3. The number of aliphatic hydroxyl groups is 1. The summed E-state index contributed by atoms with van der Waals surface area (Å²) in [5, 5.41) is 34.2. The van der Waals surface area contributed by atoms with E-state index in [4.69, 9.17) is 42.5 Å². The molecular weight excluding hydrogens is 498 g/mol. The summed E-state index contributed by atoms with van der Waals surface area (Å²) in [6.07, 6.45) is -1.62. The van der Waals surface area contributed by atoms with Gasteiger partial charge >= 0.3 is 17.9 Å². The average Bonchev–Trinajstić information content (AvgIpc) is 3.17. The number of hydrogen-bond acceptors (Lipinski definition) is 8. The van der Waals surface area contributed by atoms with E-state index in [0.717, 1.165) is 18.7 Å². The molecule has 1 aliphatic heterocycles. The average molecular weight is 532 g/mol. The van der Waals surface area contributed by atoms with E-state index < -0.39 is 36.4 Å². The molecule has 0 aromatic heterocycles. The summed E-state index contributed by atoms with van der Waals surface area (Å²) in [4.78, 5) is 47.4. The Balaban J connectivity index is 0.000000426. The van der Waals surface area contributed by atoms with Crippen LogP contribution in [0.3, 0.4) is 0 Å². The van der Waals surface area contributed by atoms with Crippen LogP contribution >= 0.6 is 11.6 Å². The number of nitrogens with two attached hydrogens (primary N) is 1. The van der Waals surface area contributed by atoms with E-state index in [1.807, 2.05) is 13.8 Å². The SMILES string of the molecule is CCN(CC)C(C)N(C)C(=O)c1cc(Cl)c(N)c2c1OC(C)C2.O=C(O)CC(O)(CC(=O)O)C(=O)O. The standard InChI is InChI=1S/C17H26ClN3O2.C6H8O7/c1-6-21(7-2)11(4)20(5)17(22)13-9-14(18)15(19)12-8-10(3)23-16(12)13;7-3(8)1-6(13,5(11)12)2-4(9)10/h9-11H,6-8,19H2,1-5H3;13H,1-2H2,(H,7,8)(H,9,10)(H,11,12). The van der Waals surface area contributed by atoms with E-state index in [1.54, 1.807) is 18.0 Å². The maximum absolute atomic E-state index is 13.0. The summed E-state index contributed by atoms with van der Waals surface area (Å²) < 4.78 is 5.84. The first-order valence-electron chi connectivity index (χ1n) is 11.3. The molecule has 12 nitrogen and oxygen atoms in total. The van der Waals surface area contributed by atoms with Gasteiger partial charge in [-0.05, 0) is 33.0 Å². The van der Waals surface area contributed by atoms with Crippen molar-refractivity contribution in [1.29, 1.82) is 0 Å². The molecule has 0 saturated carbocycles. The third kappa shape index (κ3) is 7.45. The molecule has 0 aliphatic carbocycles. The number of nitrogen functional groups attached to an aromatic ring is 1. The van der Waals surface area contributed by atoms with Crippen molar-refractivity contribution < 1.29 is 44.3 Å². The molecule has 0 spiro atoms. The zero-order valence-corrected chi connectivity index (χ0v) is 21.7. The Morgan fingerprint density at radius 1 is 1.17 bits per heavy atom. The second kappa shape index (κ2) is 12.7. The predicted octanol–water partition coefficient (Wildman–Crippen LogP) is 1.76. The molecule has 1 aromatic carbocycles. The Morgan fingerprint density at radius 3 is 2.08 bits per heavy atom. The van der Waals surface area contributed by atoms with E-state index in [-0.39, 0.29) is 18.2 Å². The number of halogens is 1. The van der Waals surface area contributed by atoms with E-state index in [9.17, 15) is 19.2 Å². The predicted molar refractivity (Wildman–Crippen MR) is 131 cm³/mol. The maximum atomic E-state index is 13.0. The van der Waals surface area contributed by atoms with Crippen LogP contribution < -0.4 is 10.5 Å². The number of anilines is 1. The van der Waals surface area contributed by atoms with E-state index in [1.165, 1.54) is 0 Å². The lowest BCUT2D eigenvalue weighted by molar-refractivity contribution is -0.170. The third-order valence-electron chi connectivity index (χ3n) is 5.92.